The van der Waals surface area contributed by atoms with Crippen molar-refractivity contribution in [3.05, 3.63) is 27.7 Å². The Morgan fingerprint density at radius 3 is 2.50 bits per heavy atom. The summed E-state index contributed by atoms with van der Waals surface area (Å²) in [4.78, 5) is 0. The molecule has 18 heavy (non-hydrogen) atoms. The van der Waals surface area contributed by atoms with Crippen molar-refractivity contribution in [1.82, 2.24) is 0 Å². The lowest BCUT2D eigenvalue weighted by Gasteiger charge is -2.38. The third kappa shape index (κ3) is 2.30. The van der Waals surface area contributed by atoms with E-state index >= 15 is 0 Å². The molecule has 1 aromatic carbocycles. The number of halogens is 1. The van der Waals surface area contributed by atoms with E-state index < -0.39 is 0 Å². The van der Waals surface area contributed by atoms with Crippen molar-refractivity contribution in [3.8, 4) is 5.75 Å². The van der Waals surface area contributed by atoms with E-state index in [-0.39, 0.29) is 5.41 Å². The molecule has 0 heterocycles. The van der Waals surface area contributed by atoms with Crippen LogP contribution < -0.4 is 10.5 Å². The molecule has 0 amide bonds. The van der Waals surface area contributed by atoms with Gasteiger partial charge in [-0.25, -0.2) is 0 Å². The van der Waals surface area contributed by atoms with Gasteiger partial charge in [-0.05, 0) is 41.3 Å². The van der Waals surface area contributed by atoms with Crippen LogP contribution in [0.2, 0.25) is 0 Å². The molecule has 1 aromatic rings. The fourth-order valence-corrected chi connectivity index (χ4v) is 3.59. The molecule has 1 saturated carbocycles. The van der Waals surface area contributed by atoms with Crippen molar-refractivity contribution in [3.63, 3.8) is 0 Å². The Morgan fingerprint density at radius 1 is 1.28 bits per heavy atom. The summed E-state index contributed by atoms with van der Waals surface area (Å²) in [6.45, 7) is 2.80. The molecule has 1 aliphatic carbocycles. The minimum absolute atomic E-state index is 0.111. The van der Waals surface area contributed by atoms with Gasteiger partial charge in [-0.1, -0.05) is 31.4 Å². The van der Waals surface area contributed by atoms with E-state index in [1.54, 1.807) is 7.11 Å². The SMILES string of the molecule is COc1c(C2(CN)CCCCC2)ccc(C)c1Br. The molecule has 0 radical (unpaired) electrons. The summed E-state index contributed by atoms with van der Waals surface area (Å²) >= 11 is 3.65. The first kappa shape index (κ1) is 13.9. The molecule has 3 heteroatoms. The average Bonchev–Trinajstić information content (AvgIpc) is 2.42. The summed E-state index contributed by atoms with van der Waals surface area (Å²) in [5, 5.41) is 0. The molecule has 2 N–H and O–H groups in total. The fraction of sp³-hybridized carbons (Fsp3) is 0.600. The second kappa shape index (κ2) is 5.62. The molecular weight excluding hydrogens is 290 g/mol. The monoisotopic (exact) mass is 311 g/mol. The Balaban J connectivity index is 2.51. The fourth-order valence-electron chi connectivity index (χ4n) is 3.08. The van der Waals surface area contributed by atoms with Crippen LogP contribution in [-0.4, -0.2) is 13.7 Å². The molecule has 1 aliphatic rings. The zero-order valence-corrected chi connectivity index (χ0v) is 12.8. The van der Waals surface area contributed by atoms with Crippen molar-refractivity contribution in [2.24, 2.45) is 5.73 Å². The lowest BCUT2D eigenvalue weighted by atomic mass is 9.69. The first-order valence-electron chi connectivity index (χ1n) is 6.68. The van der Waals surface area contributed by atoms with Gasteiger partial charge in [-0.15, -0.1) is 0 Å². The van der Waals surface area contributed by atoms with E-state index in [1.165, 1.54) is 43.2 Å². The van der Waals surface area contributed by atoms with Gasteiger partial charge in [-0.3, -0.25) is 0 Å². The number of hydrogen-bond acceptors (Lipinski definition) is 2. The largest absolute Gasteiger partial charge is 0.495 e. The highest BCUT2D eigenvalue weighted by molar-refractivity contribution is 9.10. The maximum absolute atomic E-state index is 6.11. The van der Waals surface area contributed by atoms with E-state index in [1.807, 2.05) is 0 Å². The molecule has 100 valence electrons. The summed E-state index contributed by atoms with van der Waals surface area (Å²) in [6.07, 6.45) is 6.22. The van der Waals surface area contributed by atoms with Crippen molar-refractivity contribution in [2.75, 3.05) is 13.7 Å². The van der Waals surface area contributed by atoms with Gasteiger partial charge in [0.05, 0.1) is 11.6 Å². The van der Waals surface area contributed by atoms with Gasteiger partial charge in [0, 0.05) is 17.5 Å². The molecule has 2 nitrogen and oxygen atoms in total. The molecule has 1 fully saturated rings. The molecule has 2 rings (SSSR count). The summed E-state index contributed by atoms with van der Waals surface area (Å²) < 4.78 is 6.70. The Bertz CT molecular complexity index is 425. The van der Waals surface area contributed by atoms with Gasteiger partial charge in [0.1, 0.15) is 5.75 Å². The Hall–Kier alpha value is -0.540. The van der Waals surface area contributed by atoms with Crippen LogP contribution in [0.25, 0.3) is 0 Å². The van der Waals surface area contributed by atoms with Crippen molar-refractivity contribution in [2.45, 2.75) is 44.4 Å². The maximum atomic E-state index is 6.11. The van der Waals surface area contributed by atoms with Gasteiger partial charge >= 0.3 is 0 Å². The van der Waals surface area contributed by atoms with Crippen molar-refractivity contribution in [1.29, 1.82) is 0 Å². The van der Waals surface area contributed by atoms with E-state index in [4.69, 9.17) is 10.5 Å². The van der Waals surface area contributed by atoms with Crippen LogP contribution in [0, 0.1) is 6.92 Å². The standard InChI is InChI=1S/C15H22BrNO/c1-11-6-7-12(14(18-2)13(11)16)15(10-17)8-4-3-5-9-15/h6-7H,3-5,8-10,17H2,1-2H3. The number of aryl methyl sites for hydroxylation is 1. The second-order valence-electron chi connectivity index (χ2n) is 5.32. The Morgan fingerprint density at radius 2 is 1.94 bits per heavy atom. The molecule has 0 unspecified atom stereocenters. The zero-order chi connectivity index (χ0) is 13.2. The van der Waals surface area contributed by atoms with Crippen LogP contribution >= 0.6 is 15.9 Å². The van der Waals surface area contributed by atoms with Gasteiger partial charge in [0.15, 0.2) is 0 Å². The van der Waals surface area contributed by atoms with E-state index in [0.717, 1.165) is 10.2 Å². The smallest absolute Gasteiger partial charge is 0.137 e. The van der Waals surface area contributed by atoms with Crippen molar-refractivity contribution < 1.29 is 4.74 Å². The van der Waals surface area contributed by atoms with E-state index in [9.17, 15) is 0 Å². The summed E-state index contributed by atoms with van der Waals surface area (Å²) in [5.41, 5.74) is 8.71. The number of hydrogen-bond donors (Lipinski definition) is 1. The van der Waals surface area contributed by atoms with E-state index in [0.29, 0.717) is 6.54 Å². The van der Waals surface area contributed by atoms with Crippen LogP contribution in [0.15, 0.2) is 16.6 Å². The predicted molar refractivity (Wildman–Crippen MR) is 79.2 cm³/mol. The third-order valence-corrected chi connectivity index (χ3v) is 5.25. The Labute approximate surface area is 118 Å². The zero-order valence-electron chi connectivity index (χ0n) is 11.3. The van der Waals surface area contributed by atoms with Gasteiger partial charge in [-0.2, -0.15) is 0 Å². The number of methoxy groups -OCH3 is 1. The first-order chi connectivity index (χ1) is 8.64. The summed E-state index contributed by atoms with van der Waals surface area (Å²) in [7, 11) is 1.75. The highest BCUT2D eigenvalue weighted by Crippen LogP contribution is 2.45. The second-order valence-corrected chi connectivity index (χ2v) is 6.12. The predicted octanol–water partition coefficient (Wildman–Crippen LogP) is 3.93. The van der Waals surface area contributed by atoms with E-state index in [2.05, 4.69) is 35.0 Å². The normalized spacial score (nSPS) is 18.7. The number of nitrogens with two attached hydrogens (primary N) is 1. The topological polar surface area (TPSA) is 35.2 Å². The van der Waals surface area contributed by atoms with Gasteiger partial charge in [0.25, 0.3) is 0 Å². The van der Waals surface area contributed by atoms with Crippen LogP contribution in [0.3, 0.4) is 0 Å². The van der Waals surface area contributed by atoms with Crippen LogP contribution in [-0.2, 0) is 5.41 Å². The quantitative estimate of drug-likeness (QED) is 0.918. The number of benzene rings is 1. The molecule has 0 aromatic heterocycles. The summed E-state index contributed by atoms with van der Waals surface area (Å²) in [6, 6.07) is 4.37. The number of ether oxygens (including phenoxy) is 1. The maximum Gasteiger partial charge on any atom is 0.137 e. The molecular formula is C15H22BrNO. The van der Waals surface area contributed by atoms with Gasteiger partial charge < -0.3 is 10.5 Å². The average molecular weight is 312 g/mol. The third-order valence-electron chi connectivity index (χ3n) is 4.27. The Kier molecular flexibility index (Phi) is 4.33. The minimum Gasteiger partial charge on any atom is -0.495 e. The highest BCUT2D eigenvalue weighted by atomic mass is 79.9. The first-order valence-corrected chi connectivity index (χ1v) is 7.47. The van der Waals surface area contributed by atoms with Crippen molar-refractivity contribution >= 4 is 15.9 Å². The van der Waals surface area contributed by atoms with Crippen LogP contribution in [0.4, 0.5) is 0 Å². The number of rotatable bonds is 3. The molecule has 0 saturated heterocycles. The molecule has 0 bridgehead atoms. The summed E-state index contributed by atoms with van der Waals surface area (Å²) in [5.74, 6) is 0.974. The molecule has 0 spiro atoms. The molecule has 0 aliphatic heterocycles. The van der Waals surface area contributed by atoms with Crippen LogP contribution in [0.5, 0.6) is 5.75 Å². The lowest BCUT2D eigenvalue weighted by Crippen LogP contribution is -2.37. The molecule has 0 atom stereocenters. The highest BCUT2D eigenvalue weighted by Gasteiger charge is 2.35. The lowest BCUT2D eigenvalue weighted by molar-refractivity contribution is 0.287. The van der Waals surface area contributed by atoms with Gasteiger partial charge in [0.2, 0.25) is 0 Å². The minimum atomic E-state index is 0.111. The van der Waals surface area contributed by atoms with Crippen LogP contribution in [0.1, 0.15) is 43.2 Å².